The molecular formula is C20H26N4O2. The largest absolute Gasteiger partial charge is 0.379 e. The van der Waals surface area contributed by atoms with Crippen molar-refractivity contribution in [2.45, 2.75) is 6.04 Å². The fourth-order valence-corrected chi connectivity index (χ4v) is 3.95. The number of pyridine rings is 1. The van der Waals surface area contributed by atoms with Crippen molar-refractivity contribution < 1.29 is 9.53 Å². The topological polar surface area (TPSA) is 48.9 Å². The van der Waals surface area contributed by atoms with Crippen LogP contribution in [0.2, 0.25) is 0 Å². The highest BCUT2D eigenvalue weighted by Crippen LogP contribution is 2.26. The molecule has 26 heavy (non-hydrogen) atoms. The van der Waals surface area contributed by atoms with Crippen molar-refractivity contribution in [1.29, 1.82) is 0 Å². The quantitative estimate of drug-likeness (QED) is 0.822. The average molecular weight is 354 g/mol. The summed E-state index contributed by atoms with van der Waals surface area (Å²) in [6, 6.07) is 10.1. The van der Waals surface area contributed by atoms with Gasteiger partial charge in [-0.15, -0.1) is 0 Å². The van der Waals surface area contributed by atoms with Gasteiger partial charge in [0.15, 0.2) is 0 Å². The first kappa shape index (κ1) is 17.2. The normalized spacial score (nSPS) is 23.7. The highest BCUT2D eigenvalue weighted by atomic mass is 16.5. The number of ether oxygens (including phenoxy) is 1. The van der Waals surface area contributed by atoms with E-state index >= 15 is 0 Å². The van der Waals surface area contributed by atoms with Crippen molar-refractivity contribution in [3.05, 3.63) is 35.9 Å². The van der Waals surface area contributed by atoms with Crippen molar-refractivity contribution in [2.75, 3.05) is 58.9 Å². The van der Waals surface area contributed by atoms with E-state index in [1.54, 1.807) is 0 Å². The molecule has 0 spiro atoms. The summed E-state index contributed by atoms with van der Waals surface area (Å²) in [5.41, 5.74) is 1.60. The Bertz CT molecular complexity index is 823. The maximum atomic E-state index is 13.5. The Kier molecular flexibility index (Phi) is 4.54. The van der Waals surface area contributed by atoms with E-state index < -0.39 is 0 Å². The number of carbonyl (C=O) groups excluding carboxylic acids is 1. The third kappa shape index (κ3) is 3.15. The summed E-state index contributed by atoms with van der Waals surface area (Å²) in [6.07, 6.45) is 0. The molecule has 2 fully saturated rings. The second kappa shape index (κ2) is 6.85. The highest BCUT2D eigenvalue weighted by molar-refractivity contribution is 6.07. The fraction of sp³-hybridized carbons (Fsp3) is 0.500. The third-order valence-corrected chi connectivity index (χ3v) is 5.42. The maximum absolute atomic E-state index is 13.5. The molecule has 2 aliphatic rings. The Morgan fingerprint density at radius 1 is 1.19 bits per heavy atom. The number of benzene rings is 1. The number of aromatic nitrogens is 1. The van der Waals surface area contributed by atoms with Crippen LogP contribution < -0.4 is 4.90 Å². The summed E-state index contributed by atoms with van der Waals surface area (Å²) in [6.45, 7) is 3.85. The molecule has 6 nitrogen and oxygen atoms in total. The van der Waals surface area contributed by atoms with Crippen LogP contribution in [0, 0.1) is 5.92 Å². The molecule has 1 amide bonds. The fourth-order valence-electron chi connectivity index (χ4n) is 3.95. The van der Waals surface area contributed by atoms with Gasteiger partial charge in [-0.25, -0.2) is 4.98 Å². The molecule has 2 aliphatic heterocycles. The van der Waals surface area contributed by atoms with Crippen molar-refractivity contribution in [3.63, 3.8) is 0 Å². The van der Waals surface area contributed by atoms with Crippen LogP contribution in [0.1, 0.15) is 10.4 Å². The summed E-state index contributed by atoms with van der Waals surface area (Å²) >= 11 is 0. The molecule has 0 unspecified atom stereocenters. The SMILES string of the molecule is CN(C)c1cc(C(=O)N2C[C@@H]3COC[C@H](C2)N(C)C3)c2ccccc2n1. The molecule has 0 radical (unpaired) electrons. The highest BCUT2D eigenvalue weighted by Gasteiger charge is 2.34. The number of fused-ring (bicyclic) bond motifs is 4. The molecular weight excluding hydrogens is 328 g/mol. The molecule has 0 saturated carbocycles. The van der Waals surface area contributed by atoms with E-state index in [0.717, 1.165) is 42.0 Å². The predicted molar refractivity (Wildman–Crippen MR) is 103 cm³/mol. The molecule has 0 N–H and O–H groups in total. The van der Waals surface area contributed by atoms with Gasteiger partial charge in [0.2, 0.25) is 0 Å². The molecule has 1 aromatic carbocycles. The van der Waals surface area contributed by atoms with Gasteiger partial charge in [0.05, 0.1) is 30.3 Å². The van der Waals surface area contributed by atoms with E-state index in [9.17, 15) is 4.79 Å². The zero-order chi connectivity index (χ0) is 18.3. The van der Waals surface area contributed by atoms with Gasteiger partial charge in [-0.05, 0) is 19.2 Å². The van der Waals surface area contributed by atoms with Gasteiger partial charge < -0.3 is 14.5 Å². The molecule has 138 valence electrons. The molecule has 2 saturated heterocycles. The second-order valence-corrected chi connectivity index (χ2v) is 7.65. The Hall–Kier alpha value is -2.18. The van der Waals surface area contributed by atoms with Crippen LogP contribution in [0.3, 0.4) is 0 Å². The molecule has 2 aromatic rings. The Labute approximate surface area is 154 Å². The molecule has 3 heterocycles. The van der Waals surface area contributed by atoms with Crippen molar-refractivity contribution in [1.82, 2.24) is 14.8 Å². The number of hydrogen-bond donors (Lipinski definition) is 0. The Balaban J connectivity index is 1.74. The van der Waals surface area contributed by atoms with Gasteiger partial charge in [0.1, 0.15) is 5.82 Å². The molecule has 1 aromatic heterocycles. The number of nitrogens with zero attached hydrogens (tertiary/aromatic N) is 4. The second-order valence-electron chi connectivity index (χ2n) is 7.65. The van der Waals surface area contributed by atoms with Gasteiger partial charge in [0.25, 0.3) is 5.91 Å². The van der Waals surface area contributed by atoms with E-state index in [0.29, 0.717) is 19.1 Å². The van der Waals surface area contributed by atoms with Gasteiger partial charge in [-0.1, -0.05) is 18.2 Å². The number of carbonyl (C=O) groups is 1. The van der Waals surface area contributed by atoms with Gasteiger partial charge in [0, 0.05) is 45.0 Å². The van der Waals surface area contributed by atoms with Crippen LogP contribution in [0.25, 0.3) is 10.9 Å². The molecule has 4 rings (SSSR count). The van der Waals surface area contributed by atoms with Gasteiger partial charge >= 0.3 is 0 Å². The standard InChI is InChI=1S/C20H26N4O2/c1-22(2)19-8-17(16-6-4-5-7-18(16)21-19)20(25)24-10-14-9-23(3)15(11-24)13-26-12-14/h4-8,14-15H,9-13H2,1-3H3/t14-,15+/m1/s1. The first-order chi connectivity index (χ1) is 12.5. The van der Waals surface area contributed by atoms with Gasteiger partial charge in [-0.2, -0.15) is 0 Å². The monoisotopic (exact) mass is 354 g/mol. The smallest absolute Gasteiger partial charge is 0.254 e. The minimum absolute atomic E-state index is 0.0962. The summed E-state index contributed by atoms with van der Waals surface area (Å²) < 4.78 is 5.79. The number of anilines is 1. The van der Waals surface area contributed by atoms with Crippen LogP contribution >= 0.6 is 0 Å². The van der Waals surface area contributed by atoms with E-state index in [4.69, 9.17) is 4.74 Å². The summed E-state index contributed by atoms with van der Waals surface area (Å²) in [5.74, 6) is 1.26. The minimum atomic E-state index is 0.0962. The summed E-state index contributed by atoms with van der Waals surface area (Å²) in [4.78, 5) is 24.5. The number of likely N-dealkylation sites (N-methyl/N-ethyl adjacent to an activating group) is 1. The lowest BCUT2D eigenvalue weighted by atomic mass is 10.1. The van der Waals surface area contributed by atoms with Crippen LogP contribution in [-0.4, -0.2) is 80.7 Å². The first-order valence-electron chi connectivity index (χ1n) is 9.17. The van der Waals surface area contributed by atoms with E-state index in [2.05, 4.69) is 16.9 Å². The number of rotatable bonds is 2. The van der Waals surface area contributed by atoms with Crippen molar-refractivity contribution in [2.24, 2.45) is 5.92 Å². The van der Waals surface area contributed by atoms with Crippen LogP contribution in [0.5, 0.6) is 0 Å². The lowest BCUT2D eigenvalue weighted by Crippen LogP contribution is -2.44. The number of para-hydroxylation sites is 1. The van der Waals surface area contributed by atoms with E-state index in [1.165, 1.54) is 0 Å². The average Bonchev–Trinajstić information content (AvgIpc) is 2.88. The van der Waals surface area contributed by atoms with Crippen LogP contribution in [0.15, 0.2) is 30.3 Å². The zero-order valence-electron chi connectivity index (χ0n) is 15.7. The predicted octanol–water partition coefficient (Wildman–Crippen LogP) is 1.70. The Morgan fingerprint density at radius 2 is 2.00 bits per heavy atom. The Morgan fingerprint density at radius 3 is 2.81 bits per heavy atom. The lowest BCUT2D eigenvalue weighted by Gasteiger charge is -2.30. The molecule has 2 bridgehead atoms. The molecule has 0 aliphatic carbocycles. The summed E-state index contributed by atoms with van der Waals surface area (Å²) in [7, 11) is 6.04. The third-order valence-electron chi connectivity index (χ3n) is 5.42. The van der Waals surface area contributed by atoms with Crippen molar-refractivity contribution in [3.8, 4) is 0 Å². The van der Waals surface area contributed by atoms with Crippen LogP contribution in [0.4, 0.5) is 5.82 Å². The van der Waals surface area contributed by atoms with E-state index in [-0.39, 0.29) is 11.9 Å². The van der Waals surface area contributed by atoms with Crippen LogP contribution in [-0.2, 0) is 4.74 Å². The molecule has 2 atom stereocenters. The zero-order valence-corrected chi connectivity index (χ0v) is 15.7. The number of hydrogen-bond acceptors (Lipinski definition) is 5. The molecule has 6 heteroatoms. The maximum Gasteiger partial charge on any atom is 0.254 e. The summed E-state index contributed by atoms with van der Waals surface area (Å²) in [5, 5.41) is 0.919. The van der Waals surface area contributed by atoms with E-state index in [1.807, 2.05) is 54.2 Å². The lowest BCUT2D eigenvalue weighted by molar-refractivity contribution is 0.0435. The van der Waals surface area contributed by atoms with Gasteiger partial charge in [-0.3, -0.25) is 9.69 Å². The van der Waals surface area contributed by atoms with Crippen molar-refractivity contribution >= 4 is 22.6 Å². The minimum Gasteiger partial charge on any atom is -0.379 e. The first-order valence-corrected chi connectivity index (χ1v) is 9.17. The number of amides is 1.